The zero-order valence-electron chi connectivity index (χ0n) is 14.2. The number of rotatable bonds is 4. The predicted molar refractivity (Wildman–Crippen MR) is 95.0 cm³/mol. The molecule has 0 saturated carbocycles. The molecule has 2 aromatic carbocycles. The van der Waals surface area contributed by atoms with Crippen molar-refractivity contribution in [2.45, 2.75) is 19.4 Å². The SMILES string of the molecule is COc1ccccc1OCC(=O)N1CC(C)(C)Nc2ccccc21. The van der Waals surface area contributed by atoms with Crippen molar-refractivity contribution in [3.8, 4) is 11.5 Å². The van der Waals surface area contributed by atoms with E-state index < -0.39 is 0 Å². The first kappa shape index (κ1) is 16.2. The Bertz CT molecular complexity index is 743. The maximum atomic E-state index is 12.8. The van der Waals surface area contributed by atoms with Crippen molar-refractivity contribution in [3.05, 3.63) is 48.5 Å². The number of amides is 1. The minimum absolute atomic E-state index is 0.0369. The van der Waals surface area contributed by atoms with E-state index in [1.165, 1.54) is 0 Å². The van der Waals surface area contributed by atoms with Gasteiger partial charge in [-0.15, -0.1) is 0 Å². The van der Waals surface area contributed by atoms with Crippen molar-refractivity contribution in [3.63, 3.8) is 0 Å². The summed E-state index contributed by atoms with van der Waals surface area (Å²) in [5.41, 5.74) is 1.64. The van der Waals surface area contributed by atoms with Crippen LogP contribution in [0, 0.1) is 0 Å². The van der Waals surface area contributed by atoms with E-state index in [9.17, 15) is 4.79 Å². The number of methoxy groups -OCH3 is 1. The number of hydrogen-bond acceptors (Lipinski definition) is 4. The number of nitrogens with one attached hydrogen (secondary N) is 1. The van der Waals surface area contributed by atoms with Gasteiger partial charge in [-0.25, -0.2) is 0 Å². The van der Waals surface area contributed by atoms with E-state index in [-0.39, 0.29) is 18.1 Å². The van der Waals surface area contributed by atoms with Gasteiger partial charge in [-0.05, 0) is 38.1 Å². The molecular weight excluding hydrogens is 304 g/mol. The summed E-state index contributed by atoms with van der Waals surface area (Å²) in [5, 5.41) is 3.46. The first-order valence-corrected chi connectivity index (χ1v) is 7.93. The Labute approximate surface area is 142 Å². The molecule has 0 aliphatic carbocycles. The zero-order valence-corrected chi connectivity index (χ0v) is 14.2. The molecule has 0 unspecified atom stereocenters. The van der Waals surface area contributed by atoms with Crippen LogP contribution in [0.25, 0.3) is 0 Å². The van der Waals surface area contributed by atoms with Crippen molar-refractivity contribution in [1.29, 1.82) is 0 Å². The average molecular weight is 326 g/mol. The van der Waals surface area contributed by atoms with Crippen LogP contribution in [-0.4, -0.2) is 31.7 Å². The molecule has 5 heteroatoms. The normalized spacial score (nSPS) is 15.2. The largest absolute Gasteiger partial charge is 0.493 e. The van der Waals surface area contributed by atoms with Crippen LogP contribution < -0.4 is 19.7 Å². The van der Waals surface area contributed by atoms with Crippen molar-refractivity contribution >= 4 is 17.3 Å². The summed E-state index contributed by atoms with van der Waals surface area (Å²) in [7, 11) is 1.58. The molecule has 5 nitrogen and oxygen atoms in total. The standard InChI is InChI=1S/C19H22N2O3/c1-19(2)13-21(15-9-5-4-8-14(15)20-19)18(22)12-24-17-11-7-6-10-16(17)23-3/h4-11,20H,12-13H2,1-3H3. The van der Waals surface area contributed by atoms with Crippen molar-refractivity contribution in [2.75, 3.05) is 30.5 Å². The summed E-state index contributed by atoms with van der Waals surface area (Å²) in [6, 6.07) is 15.1. The van der Waals surface area contributed by atoms with Crippen LogP contribution in [0.15, 0.2) is 48.5 Å². The van der Waals surface area contributed by atoms with Gasteiger partial charge in [0.2, 0.25) is 0 Å². The van der Waals surface area contributed by atoms with Gasteiger partial charge in [-0.3, -0.25) is 4.79 Å². The maximum absolute atomic E-state index is 12.8. The molecule has 1 heterocycles. The highest BCUT2D eigenvalue weighted by Crippen LogP contribution is 2.34. The first-order valence-electron chi connectivity index (χ1n) is 7.93. The second-order valence-electron chi connectivity index (χ2n) is 6.45. The van der Waals surface area contributed by atoms with Gasteiger partial charge >= 0.3 is 0 Å². The maximum Gasteiger partial charge on any atom is 0.265 e. The third-order valence-corrected chi connectivity index (χ3v) is 3.94. The Morgan fingerprint density at radius 1 is 1.12 bits per heavy atom. The van der Waals surface area contributed by atoms with Crippen LogP contribution in [0.1, 0.15) is 13.8 Å². The molecule has 0 spiro atoms. The fraction of sp³-hybridized carbons (Fsp3) is 0.316. The van der Waals surface area contributed by atoms with Crippen LogP contribution in [0.4, 0.5) is 11.4 Å². The Hall–Kier alpha value is -2.69. The molecule has 3 rings (SSSR count). The van der Waals surface area contributed by atoms with Gasteiger partial charge in [0, 0.05) is 12.1 Å². The minimum Gasteiger partial charge on any atom is -0.493 e. The highest BCUT2D eigenvalue weighted by atomic mass is 16.5. The van der Waals surface area contributed by atoms with E-state index in [1.54, 1.807) is 18.1 Å². The zero-order chi connectivity index (χ0) is 17.2. The van der Waals surface area contributed by atoms with E-state index in [4.69, 9.17) is 9.47 Å². The lowest BCUT2D eigenvalue weighted by Crippen LogP contribution is -2.51. The van der Waals surface area contributed by atoms with Gasteiger partial charge in [-0.1, -0.05) is 24.3 Å². The summed E-state index contributed by atoms with van der Waals surface area (Å²) in [5.74, 6) is 1.10. The van der Waals surface area contributed by atoms with E-state index in [2.05, 4.69) is 19.2 Å². The number of carbonyl (C=O) groups excluding carboxylic acids is 1. The molecule has 24 heavy (non-hydrogen) atoms. The lowest BCUT2D eigenvalue weighted by molar-refractivity contribution is -0.120. The number of para-hydroxylation sites is 4. The van der Waals surface area contributed by atoms with Gasteiger partial charge in [0.15, 0.2) is 18.1 Å². The minimum atomic E-state index is -0.200. The summed E-state index contributed by atoms with van der Waals surface area (Å²) in [6.07, 6.45) is 0. The van der Waals surface area contributed by atoms with E-state index in [0.717, 1.165) is 11.4 Å². The highest BCUT2D eigenvalue weighted by molar-refractivity contribution is 5.99. The lowest BCUT2D eigenvalue weighted by Gasteiger charge is -2.40. The van der Waals surface area contributed by atoms with Crippen molar-refractivity contribution in [2.24, 2.45) is 0 Å². The Balaban J connectivity index is 1.77. The van der Waals surface area contributed by atoms with Crippen molar-refractivity contribution in [1.82, 2.24) is 0 Å². The number of anilines is 2. The fourth-order valence-electron chi connectivity index (χ4n) is 2.88. The molecule has 0 fully saturated rings. The van der Waals surface area contributed by atoms with E-state index in [0.29, 0.717) is 18.0 Å². The summed E-state index contributed by atoms with van der Waals surface area (Å²) in [4.78, 5) is 14.5. The van der Waals surface area contributed by atoms with Crippen LogP contribution in [0.5, 0.6) is 11.5 Å². The molecule has 126 valence electrons. The van der Waals surface area contributed by atoms with Gasteiger partial charge in [0.1, 0.15) is 0 Å². The molecule has 0 saturated heterocycles. The molecular formula is C19H22N2O3. The summed E-state index contributed by atoms with van der Waals surface area (Å²) >= 11 is 0. The second-order valence-corrected chi connectivity index (χ2v) is 6.45. The number of nitrogens with zero attached hydrogens (tertiary/aromatic N) is 1. The number of ether oxygens (including phenoxy) is 2. The van der Waals surface area contributed by atoms with Crippen LogP contribution in [0.2, 0.25) is 0 Å². The average Bonchev–Trinajstić information content (AvgIpc) is 2.58. The van der Waals surface area contributed by atoms with Crippen molar-refractivity contribution < 1.29 is 14.3 Å². The van der Waals surface area contributed by atoms with Gasteiger partial charge in [0.05, 0.1) is 18.5 Å². The molecule has 2 aromatic rings. The number of hydrogen-bond donors (Lipinski definition) is 1. The second kappa shape index (κ2) is 6.43. The van der Waals surface area contributed by atoms with E-state index >= 15 is 0 Å². The monoisotopic (exact) mass is 326 g/mol. The third kappa shape index (κ3) is 3.30. The summed E-state index contributed by atoms with van der Waals surface area (Å²) < 4.78 is 10.9. The van der Waals surface area contributed by atoms with Gasteiger partial charge < -0.3 is 19.7 Å². The molecule has 1 N–H and O–H groups in total. The predicted octanol–water partition coefficient (Wildman–Crippen LogP) is 3.31. The molecule has 0 atom stereocenters. The first-order chi connectivity index (χ1) is 11.5. The molecule has 0 bridgehead atoms. The Morgan fingerprint density at radius 2 is 1.79 bits per heavy atom. The highest BCUT2D eigenvalue weighted by Gasteiger charge is 2.32. The van der Waals surface area contributed by atoms with Crippen LogP contribution in [-0.2, 0) is 4.79 Å². The fourth-order valence-corrected chi connectivity index (χ4v) is 2.88. The molecule has 1 aliphatic rings. The van der Waals surface area contributed by atoms with Gasteiger partial charge in [-0.2, -0.15) is 0 Å². The Kier molecular flexibility index (Phi) is 4.34. The lowest BCUT2D eigenvalue weighted by atomic mass is 9.99. The van der Waals surface area contributed by atoms with E-state index in [1.807, 2.05) is 42.5 Å². The number of benzene rings is 2. The number of fused-ring (bicyclic) bond motifs is 1. The molecule has 1 aliphatic heterocycles. The Morgan fingerprint density at radius 3 is 2.54 bits per heavy atom. The van der Waals surface area contributed by atoms with Crippen LogP contribution in [0.3, 0.4) is 0 Å². The topological polar surface area (TPSA) is 50.8 Å². The quantitative estimate of drug-likeness (QED) is 0.936. The molecule has 0 radical (unpaired) electrons. The smallest absolute Gasteiger partial charge is 0.265 e. The third-order valence-electron chi connectivity index (χ3n) is 3.94. The summed E-state index contributed by atoms with van der Waals surface area (Å²) in [6.45, 7) is 4.69. The van der Waals surface area contributed by atoms with Gasteiger partial charge in [0.25, 0.3) is 5.91 Å². The van der Waals surface area contributed by atoms with Crippen LogP contribution >= 0.6 is 0 Å². The number of carbonyl (C=O) groups is 1. The molecule has 1 amide bonds. The molecule has 0 aromatic heterocycles.